The summed E-state index contributed by atoms with van der Waals surface area (Å²) in [5.41, 5.74) is 4.80. The standard InChI is InChI=1S/C4H9NO.C2H6O/c1-3(2)4(5)6;1-2-3/h3H,1-2H3,(H2,5,6);3H,2H2,1H3. The molecule has 0 rings (SSSR count). The van der Waals surface area contributed by atoms with E-state index in [0.717, 1.165) is 0 Å². The Morgan fingerprint density at radius 1 is 1.67 bits per heavy atom. The van der Waals surface area contributed by atoms with Crippen molar-refractivity contribution in [3.05, 3.63) is 0 Å². The Morgan fingerprint density at radius 3 is 1.78 bits per heavy atom. The van der Waals surface area contributed by atoms with Crippen molar-refractivity contribution < 1.29 is 9.90 Å². The summed E-state index contributed by atoms with van der Waals surface area (Å²) < 4.78 is 0. The first kappa shape index (κ1) is 11.3. The molecule has 1 amide bonds. The molecule has 0 bridgehead atoms. The molecule has 0 spiro atoms. The van der Waals surface area contributed by atoms with E-state index in [1.54, 1.807) is 20.8 Å². The zero-order chi connectivity index (χ0) is 7.86. The van der Waals surface area contributed by atoms with E-state index in [1.807, 2.05) is 0 Å². The predicted molar refractivity (Wildman–Crippen MR) is 36.8 cm³/mol. The average molecular weight is 133 g/mol. The van der Waals surface area contributed by atoms with E-state index in [-0.39, 0.29) is 18.4 Å². The Morgan fingerprint density at radius 2 is 1.78 bits per heavy atom. The van der Waals surface area contributed by atoms with Crippen LogP contribution in [0, 0.1) is 5.92 Å². The lowest BCUT2D eigenvalue weighted by molar-refractivity contribution is -0.120. The van der Waals surface area contributed by atoms with Crippen molar-refractivity contribution in [1.29, 1.82) is 0 Å². The lowest BCUT2D eigenvalue weighted by Crippen LogP contribution is -2.17. The van der Waals surface area contributed by atoms with E-state index in [1.165, 1.54) is 0 Å². The molecule has 0 saturated heterocycles. The zero-order valence-corrected chi connectivity index (χ0v) is 6.22. The molecule has 0 unspecified atom stereocenters. The van der Waals surface area contributed by atoms with Gasteiger partial charge >= 0.3 is 0 Å². The Bertz CT molecular complexity index is 71.5. The molecule has 9 heavy (non-hydrogen) atoms. The largest absolute Gasteiger partial charge is 0.397 e. The van der Waals surface area contributed by atoms with Gasteiger partial charge in [-0.25, -0.2) is 0 Å². The highest BCUT2D eigenvalue weighted by atomic mass is 16.2. The molecule has 0 aromatic heterocycles. The first-order valence-corrected chi connectivity index (χ1v) is 2.96. The lowest BCUT2D eigenvalue weighted by Gasteiger charge is -1.90. The zero-order valence-electron chi connectivity index (χ0n) is 6.22. The molecule has 3 heteroatoms. The van der Waals surface area contributed by atoms with Crippen molar-refractivity contribution in [3.63, 3.8) is 0 Å². The summed E-state index contributed by atoms with van der Waals surface area (Å²) in [5, 5.41) is 7.57. The number of primary amides is 1. The van der Waals surface area contributed by atoms with Gasteiger partial charge in [0.05, 0.1) is 0 Å². The van der Waals surface area contributed by atoms with Crippen LogP contribution in [0.4, 0.5) is 0 Å². The lowest BCUT2D eigenvalue weighted by atomic mass is 10.2. The van der Waals surface area contributed by atoms with Gasteiger partial charge in [-0.05, 0) is 6.92 Å². The summed E-state index contributed by atoms with van der Waals surface area (Å²) in [6.07, 6.45) is 0. The SMILES string of the molecule is CC(C)C(N)=O.CCO. The van der Waals surface area contributed by atoms with Crippen molar-refractivity contribution in [2.24, 2.45) is 11.7 Å². The van der Waals surface area contributed by atoms with Crippen molar-refractivity contribution in [2.75, 3.05) is 6.61 Å². The maximum absolute atomic E-state index is 9.92. The Balaban J connectivity index is 0. The minimum absolute atomic E-state index is 0.00926. The Hall–Kier alpha value is -0.570. The summed E-state index contributed by atoms with van der Waals surface area (Å²) >= 11 is 0. The third-order valence-corrected chi connectivity index (χ3v) is 0.569. The molecule has 3 nitrogen and oxygen atoms in total. The van der Waals surface area contributed by atoms with Crippen LogP contribution in [0.1, 0.15) is 20.8 Å². The van der Waals surface area contributed by atoms with E-state index in [0.29, 0.717) is 0 Å². The van der Waals surface area contributed by atoms with Gasteiger partial charge in [0.2, 0.25) is 5.91 Å². The number of aliphatic hydroxyl groups is 1. The second-order valence-corrected chi connectivity index (χ2v) is 1.87. The molecule has 0 aliphatic rings. The molecule has 0 fully saturated rings. The third-order valence-electron chi connectivity index (χ3n) is 0.569. The van der Waals surface area contributed by atoms with E-state index in [2.05, 4.69) is 0 Å². The number of amides is 1. The van der Waals surface area contributed by atoms with E-state index < -0.39 is 0 Å². The predicted octanol–water partition coefficient (Wildman–Crippen LogP) is 0.126. The molecule has 0 heterocycles. The summed E-state index contributed by atoms with van der Waals surface area (Å²) in [5.74, 6) is -0.250. The fourth-order valence-corrected chi connectivity index (χ4v) is 0. The number of hydrogen-bond donors (Lipinski definition) is 2. The van der Waals surface area contributed by atoms with Gasteiger partial charge in [0.25, 0.3) is 0 Å². The molecule has 0 saturated carbocycles. The van der Waals surface area contributed by atoms with Gasteiger partial charge in [-0.3, -0.25) is 4.79 Å². The van der Waals surface area contributed by atoms with Crippen LogP contribution in [0.2, 0.25) is 0 Å². The van der Waals surface area contributed by atoms with Gasteiger partial charge in [-0.15, -0.1) is 0 Å². The van der Waals surface area contributed by atoms with Gasteiger partial charge in [0.15, 0.2) is 0 Å². The summed E-state index contributed by atoms with van der Waals surface area (Å²) in [6.45, 7) is 5.46. The molecule has 0 aromatic rings. The average Bonchev–Trinajstić information content (AvgIpc) is 1.68. The summed E-state index contributed by atoms with van der Waals surface area (Å²) in [4.78, 5) is 9.92. The minimum atomic E-state index is -0.241. The van der Waals surface area contributed by atoms with Crippen molar-refractivity contribution in [1.82, 2.24) is 0 Å². The van der Waals surface area contributed by atoms with Crippen LogP contribution in [0.15, 0.2) is 0 Å². The van der Waals surface area contributed by atoms with Crippen LogP contribution >= 0.6 is 0 Å². The molecule has 3 N–H and O–H groups in total. The number of carbonyl (C=O) groups excluding carboxylic acids is 1. The van der Waals surface area contributed by atoms with Gasteiger partial charge < -0.3 is 10.8 Å². The Kier molecular flexibility index (Phi) is 9.29. The number of carbonyl (C=O) groups is 1. The summed E-state index contributed by atoms with van der Waals surface area (Å²) in [7, 11) is 0. The Labute approximate surface area is 55.9 Å². The van der Waals surface area contributed by atoms with Gasteiger partial charge in [0, 0.05) is 12.5 Å². The number of nitrogens with two attached hydrogens (primary N) is 1. The normalized spacial score (nSPS) is 8.11. The van der Waals surface area contributed by atoms with Crippen LogP contribution in [0.3, 0.4) is 0 Å². The smallest absolute Gasteiger partial charge is 0.219 e. The van der Waals surface area contributed by atoms with E-state index in [4.69, 9.17) is 10.8 Å². The number of rotatable bonds is 1. The first-order chi connectivity index (χ1) is 4.06. The highest BCUT2D eigenvalue weighted by Crippen LogP contribution is 1.84. The minimum Gasteiger partial charge on any atom is -0.397 e. The third kappa shape index (κ3) is 18.6. The molecule has 0 aromatic carbocycles. The van der Waals surface area contributed by atoms with Crippen LogP contribution in [0.5, 0.6) is 0 Å². The highest BCUT2D eigenvalue weighted by molar-refractivity contribution is 5.75. The van der Waals surface area contributed by atoms with Crippen LogP contribution in [-0.4, -0.2) is 17.6 Å². The van der Waals surface area contributed by atoms with Crippen molar-refractivity contribution >= 4 is 5.91 Å². The topological polar surface area (TPSA) is 63.3 Å². The maximum atomic E-state index is 9.92. The fourth-order valence-electron chi connectivity index (χ4n) is 0. The molecular weight excluding hydrogens is 118 g/mol. The highest BCUT2D eigenvalue weighted by Gasteiger charge is 1.96. The quantitative estimate of drug-likeness (QED) is 0.534. The molecular formula is C6H15NO2. The second kappa shape index (κ2) is 7.43. The van der Waals surface area contributed by atoms with E-state index >= 15 is 0 Å². The van der Waals surface area contributed by atoms with Crippen molar-refractivity contribution in [2.45, 2.75) is 20.8 Å². The summed E-state index contributed by atoms with van der Waals surface area (Å²) in [6, 6.07) is 0. The van der Waals surface area contributed by atoms with Crippen molar-refractivity contribution in [3.8, 4) is 0 Å². The molecule has 0 atom stereocenters. The van der Waals surface area contributed by atoms with Gasteiger partial charge in [0.1, 0.15) is 0 Å². The monoisotopic (exact) mass is 133 g/mol. The molecule has 0 radical (unpaired) electrons. The van der Waals surface area contributed by atoms with Gasteiger partial charge in [-0.2, -0.15) is 0 Å². The fraction of sp³-hybridized carbons (Fsp3) is 0.833. The molecule has 0 aliphatic carbocycles. The second-order valence-electron chi connectivity index (χ2n) is 1.87. The van der Waals surface area contributed by atoms with E-state index in [9.17, 15) is 4.79 Å². The number of aliphatic hydroxyl groups excluding tert-OH is 1. The molecule has 56 valence electrons. The maximum Gasteiger partial charge on any atom is 0.219 e. The molecule has 0 aliphatic heterocycles. The van der Waals surface area contributed by atoms with Crippen LogP contribution < -0.4 is 5.73 Å². The van der Waals surface area contributed by atoms with Crippen LogP contribution in [-0.2, 0) is 4.79 Å². The van der Waals surface area contributed by atoms with Crippen LogP contribution in [0.25, 0.3) is 0 Å². The van der Waals surface area contributed by atoms with Gasteiger partial charge in [-0.1, -0.05) is 13.8 Å². The first-order valence-electron chi connectivity index (χ1n) is 2.96. The number of hydrogen-bond acceptors (Lipinski definition) is 2.